The van der Waals surface area contributed by atoms with Crippen molar-refractivity contribution < 1.29 is 8.95 Å². The van der Waals surface area contributed by atoms with E-state index in [0.717, 1.165) is 22.2 Å². The molecule has 148 valence electrons. The first-order chi connectivity index (χ1) is 13.0. The third kappa shape index (κ3) is 7.04. The number of rotatable bonds is 9. The predicted octanol–water partition coefficient (Wildman–Crippen LogP) is 2.81. The molecule has 2 aromatic rings. The van der Waals surface area contributed by atoms with Crippen LogP contribution in [0.4, 0.5) is 0 Å². The van der Waals surface area contributed by atoms with E-state index in [1.807, 2.05) is 54.6 Å². The molecule has 27 heavy (non-hydrogen) atoms. The molecule has 1 heterocycles. The maximum absolute atomic E-state index is 12.2. The van der Waals surface area contributed by atoms with E-state index in [9.17, 15) is 4.21 Å². The summed E-state index contributed by atoms with van der Waals surface area (Å²) in [4.78, 5) is 10.9. The summed E-state index contributed by atoms with van der Waals surface area (Å²) in [5.74, 6) is 1.92. The second-order valence-electron chi connectivity index (χ2n) is 6.16. The Morgan fingerprint density at radius 3 is 2.81 bits per heavy atom. The Balaban J connectivity index is 1.78. The Bertz CT molecular complexity index is 749. The highest BCUT2D eigenvalue weighted by Gasteiger charge is 2.13. The summed E-state index contributed by atoms with van der Waals surface area (Å²) in [7, 11) is 4.50. The van der Waals surface area contributed by atoms with Gasteiger partial charge in [0.05, 0.1) is 12.2 Å². The van der Waals surface area contributed by atoms with E-state index in [0.29, 0.717) is 24.6 Å². The number of ether oxygens (including phenoxy) is 1. The molecular weight excluding hydrogens is 380 g/mol. The van der Waals surface area contributed by atoms with Crippen LogP contribution in [0.15, 0.2) is 40.7 Å². The van der Waals surface area contributed by atoms with Gasteiger partial charge < -0.3 is 15.0 Å². The molecule has 8 heteroatoms. The molecule has 0 radical (unpaired) electrons. The molecule has 0 aliphatic heterocycles. The molecule has 1 N–H and O–H groups in total. The van der Waals surface area contributed by atoms with Crippen molar-refractivity contribution in [3.8, 4) is 0 Å². The van der Waals surface area contributed by atoms with Gasteiger partial charge in [-0.05, 0) is 12.5 Å². The predicted molar refractivity (Wildman–Crippen MR) is 114 cm³/mol. The molecule has 0 saturated carbocycles. The molecule has 1 aromatic heterocycles. The summed E-state index contributed by atoms with van der Waals surface area (Å²) in [6.45, 7) is 3.25. The van der Waals surface area contributed by atoms with Crippen molar-refractivity contribution in [3.05, 3.63) is 52.0 Å². The van der Waals surface area contributed by atoms with Crippen LogP contribution in [0.1, 0.15) is 29.3 Å². The number of methoxy groups -OCH3 is 1. The average Bonchev–Trinajstić information content (AvgIpc) is 3.13. The number of thiazole rings is 1. The molecule has 2 rings (SSSR count). The Kier molecular flexibility index (Phi) is 8.90. The van der Waals surface area contributed by atoms with Gasteiger partial charge in [0.15, 0.2) is 5.96 Å². The largest absolute Gasteiger partial charge is 0.375 e. The highest BCUT2D eigenvalue weighted by atomic mass is 32.2. The van der Waals surface area contributed by atoms with E-state index in [1.54, 1.807) is 25.5 Å². The molecule has 0 saturated heterocycles. The molecule has 0 spiro atoms. The fourth-order valence-corrected chi connectivity index (χ4v) is 4.37. The normalized spacial score (nSPS) is 14.0. The van der Waals surface area contributed by atoms with Crippen molar-refractivity contribution >= 4 is 28.1 Å². The van der Waals surface area contributed by atoms with Gasteiger partial charge in [-0.2, -0.15) is 0 Å². The number of benzene rings is 1. The summed E-state index contributed by atoms with van der Waals surface area (Å²) >= 11 is 1.60. The standard InChI is InChI=1S/C19H28N4O2S2/c1-15(25-4)18-22-17(13-26-18)12-23(3)19(20-2)21-10-11-27(24)14-16-8-6-5-7-9-16/h5-9,13,15H,10-12,14H2,1-4H3,(H,20,21). The minimum Gasteiger partial charge on any atom is -0.375 e. The number of aliphatic imine (C=N–C) groups is 1. The van der Waals surface area contributed by atoms with Gasteiger partial charge in [-0.1, -0.05) is 30.3 Å². The SMILES string of the molecule is CN=C(NCCS(=O)Cc1ccccc1)N(C)Cc1csc(C(C)OC)n1. The van der Waals surface area contributed by atoms with Crippen molar-refractivity contribution in [1.82, 2.24) is 15.2 Å². The number of hydrogen-bond acceptors (Lipinski definition) is 5. The summed E-state index contributed by atoms with van der Waals surface area (Å²) in [6.07, 6.45) is 0.00564. The second kappa shape index (κ2) is 11.2. The van der Waals surface area contributed by atoms with Gasteiger partial charge in [0.1, 0.15) is 11.1 Å². The highest BCUT2D eigenvalue weighted by molar-refractivity contribution is 7.84. The highest BCUT2D eigenvalue weighted by Crippen LogP contribution is 2.20. The lowest BCUT2D eigenvalue weighted by atomic mass is 10.2. The molecule has 0 amide bonds. The third-order valence-corrected chi connectivity index (χ3v) is 6.40. The van der Waals surface area contributed by atoms with Gasteiger partial charge in [0.25, 0.3) is 0 Å². The number of nitrogens with one attached hydrogen (secondary N) is 1. The van der Waals surface area contributed by atoms with E-state index in [4.69, 9.17) is 4.74 Å². The first-order valence-electron chi connectivity index (χ1n) is 8.81. The number of guanidine groups is 1. The molecule has 0 fully saturated rings. The van der Waals surface area contributed by atoms with Gasteiger partial charge >= 0.3 is 0 Å². The molecule has 0 bridgehead atoms. The molecular formula is C19H28N4O2S2. The van der Waals surface area contributed by atoms with Gasteiger partial charge in [-0.15, -0.1) is 11.3 Å². The molecule has 6 nitrogen and oxygen atoms in total. The van der Waals surface area contributed by atoms with Crippen LogP contribution >= 0.6 is 11.3 Å². The van der Waals surface area contributed by atoms with E-state index in [-0.39, 0.29) is 6.10 Å². The first-order valence-corrected chi connectivity index (χ1v) is 11.2. The van der Waals surface area contributed by atoms with Crippen molar-refractivity contribution in [2.45, 2.75) is 25.3 Å². The molecule has 2 unspecified atom stereocenters. The van der Waals surface area contributed by atoms with Crippen LogP contribution in [0.3, 0.4) is 0 Å². The van der Waals surface area contributed by atoms with Crippen LogP contribution < -0.4 is 5.32 Å². The van der Waals surface area contributed by atoms with E-state index in [1.165, 1.54) is 0 Å². The van der Waals surface area contributed by atoms with Crippen LogP contribution in [-0.4, -0.2) is 53.6 Å². The summed E-state index contributed by atoms with van der Waals surface area (Å²) in [6, 6.07) is 9.92. The van der Waals surface area contributed by atoms with Gasteiger partial charge in [0, 0.05) is 55.4 Å². The lowest BCUT2D eigenvalue weighted by molar-refractivity contribution is 0.119. The maximum atomic E-state index is 12.2. The lowest BCUT2D eigenvalue weighted by Gasteiger charge is -2.21. The molecule has 0 aliphatic rings. The zero-order valence-corrected chi connectivity index (χ0v) is 18.0. The Hall–Kier alpha value is -1.77. The fraction of sp³-hybridized carbons (Fsp3) is 0.474. The molecule has 2 atom stereocenters. The quantitative estimate of drug-likeness (QED) is 0.510. The third-order valence-electron chi connectivity index (χ3n) is 4.03. The number of aromatic nitrogens is 1. The Labute approximate surface area is 168 Å². The minimum absolute atomic E-state index is 0.00564. The number of nitrogens with zero attached hydrogens (tertiary/aromatic N) is 3. The minimum atomic E-state index is -0.904. The van der Waals surface area contributed by atoms with Crippen LogP contribution in [0.2, 0.25) is 0 Å². The van der Waals surface area contributed by atoms with Crippen molar-refractivity contribution in [2.75, 3.05) is 33.5 Å². The molecule has 0 aliphatic carbocycles. The Morgan fingerprint density at radius 1 is 1.41 bits per heavy atom. The maximum Gasteiger partial charge on any atom is 0.193 e. The van der Waals surface area contributed by atoms with Gasteiger partial charge in [-0.3, -0.25) is 9.20 Å². The topological polar surface area (TPSA) is 66.8 Å². The average molecular weight is 409 g/mol. The second-order valence-corrected chi connectivity index (χ2v) is 8.63. The number of hydrogen-bond donors (Lipinski definition) is 1. The van der Waals surface area contributed by atoms with Crippen LogP contribution in [0.5, 0.6) is 0 Å². The Morgan fingerprint density at radius 2 is 2.15 bits per heavy atom. The molecule has 1 aromatic carbocycles. The van der Waals surface area contributed by atoms with Crippen molar-refractivity contribution in [1.29, 1.82) is 0 Å². The van der Waals surface area contributed by atoms with E-state index >= 15 is 0 Å². The monoisotopic (exact) mass is 408 g/mol. The first kappa shape index (κ1) is 21.5. The van der Waals surface area contributed by atoms with Gasteiger partial charge in [-0.25, -0.2) is 4.98 Å². The van der Waals surface area contributed by atoms with Crippen LogP contribution in [-0.2, 0) is 27.8 Å². The summed E-state index contributed by atoms with van der Waals surface area (Å²) < 4.78 is 17.5. The lowest BCUT2D eigenvalue weighted by Crippen LogP contribution is -2.40. The van der Waals surface area contributed by atoms with E-state index < -0.39 is 10.8 Å². The van der Waals surface area contributed by atoms with Crippen LogP contribution in [0.25, 0.3) is 0 Å². The zero-order valence-electron chi connectivity index (χ0n) is 16.3. The van der Waals surface area contributed by atoms with Gasteiger partial charge in [0.2, 0.25) is 0 Å². The van der Waals surface area contributed by atoms with Crippen molar-refractivity contribution in [2.24, 2.45) is 4.99 Å². The summed E-state index contributed by atoms with van der Waals surface area (Å²) in [5.41, 5.74) is 2.08. The van der Waals surface area contributed by atoms with Crippen LogP contribution in [0, 0.1) is 0 Å². The van der Waals surface area contributed by atoms with Crippen molar-refractivity contribution in [3.63, 3.8) is 0 Å². The van der Waals surface area contributed by atoms with E-state index in [2.05, 4.69) is 15.3 Å². The zero-order chi connectivity index (χ0) is 19.6. The smallest absolute Gasteiger partial charge is 0.193 e. The fourth-order valence-electron chi connectivity index (χ4n) is 2.49. The summed E-state index contributed by atoms with van der Waals surface area (Å²) in [5, 5.41) is 6.30.